The van der Waals surface area contributed by atoms with Crippen molar-refractivity contribution in [2.24, 2.45) is 5.92 Å². The van der Waals surface area contributed by atoms with Gasteiger partial charge < -0.3 is 14.9 Å². The van der Waals surface area contributed by atoms with Gasteiger partial charge in [0.2, 0.25) is 0 Å². The molecule has 0 bridgehead atoms. The first-order valence-corrected chi connectivity index (χ1v) is 3.47. The average molecular weight is 156 g/mol. The zero-order chi connectivity index (χ0) is 8.01. The maximum atomic E-state index is 10.5. The van der Waals surface area contributed by atoms with Crippen molar-refractivity contribution in [3.05, 3.63) is 11.8 Å². The number of aliphatic carboxylic acids is 1. The average Bonchev–Trinajstić information content (AvgIpc) is 2.66. The second-order valence-corrected chi connectivity index (χ2v) is 2.87. The van der Waals surface area contributed by atoms with E-state index < -0.39 is 11.9 Å². The van der Waals surface area contributed by atoms with Crippen molar-refractivity contribution in [1.29, 1.82) is 0 Å². The van der Waals surface area contributed by atoms with E-state index in [2.05, 4.69) is 0 Å². The molecule has 1 saturated heterocycles. The molecule has 1 heterocycles. The largest absolute Gasteiger partial charge is 0.510 e. The zero-order valence-electron chi connectivity index (χ0n) is 5.73. The van der Waals surface area contributed by atoms with Gasteiger partial charge in [-0.05, 0) is 12.5 Å². The third-order valence-corrected chi connectivity index (χ3v) is 2.05. The molecule has 4 heteroatoms. The fraction of sp³-hybridized carbons (Fsp3) is 0.571. The number of carboxylic acids is 1. The number of rotatable bonds is 1. The molecule has 3 unspecified atom stereocenters. The van der Waals surface area contributed by atoms with Gasteiger partial charge in [0.1, 0.15) is 11.9 Å². The van der Waals surface area contributed by atoms with Crippen LogP contribution in [0.4, 0.5) is 0 Å². The predicted molar refractivity (Wildman–Crippen MR) is 35.1 cm³/mol. The molecule has 0 amide bonds. The molecule has 3 atom stereocenters. The number of carbonyl (C=O) groups is 1. The zero-order valence-corrected chi connectivity index (χ0v) is 5.73. The van der Waals surface area contributed by atoms with E-state index >= 15 is 0 Å². The molecule has 1 aliphatic carbocycles. The van der Waals surface area contributed by atoms with E-state index in [1.807, 2.05) is 0 Å². The lowest BCUT2D eigenvalue weighted by Crippen LogP contribution is -2.19. The molecular weight excluding hydrogens is 148 g/mol. The summed E-state index contributed by atoms with van der Waals surface area (Å²) in [7, 11) is 0. The SMILES string of the molecule is O=C(O)C1C=C(O)C2OC2C1. The van der Waals surface area contributed by atoms with Crippen molar-refractivity contribution in [3.8, 4) is 0 Å². The Morgan fingerprint density at radius 1 is 1.73 bits per heavy atom. The van der Waals surface area contributed by atoms with Gasteiger partial charge in [-0.25, -0.2) is 0 Å². The molecule has 11 heavy (non-hydrogen) atoms. The lowest BCUT2D eigenvalue weighted by atomic mass is 9.95. The van der Waals surface area contributed by atoms with Gasteiger partial charge in [0.25, 0.3) is 0 Å². The molecule has 0 aromatic heterocycles. The summed E-state index contributed by atoms with van der Waals surface area (Å²) in [6.07, 6.45) is 1.59. The molecule has 1 fully saturated rings. The Kier molecular flexibility index (Phi) is 1.20. The van der Waals surface area contributed by atoms with Crippen LogP contribution in [-0.2, 0) is 9.53 Å². The molecule has 0 spiro atoms. The second kappa shape index (κ2) is 1.98. The minimum absolute atomic E-state index is 0.0545. The van der Waals surface area contributed by atoms with Gasteiger partial charge in [0, 0.05) is 0 Å². The molecule has 1 aliphatic heterocycles. The maximum Gasteiger partial charge on any atom is 0.310 e. The molecule has 0 aromatic rings. The second-order valence-electron chi connectivity index (χ2n) is 2.87. The van der Waals surface area contributed by atoms with Crippen LogP contribution in [0, 0.1) is 5.92 Å². The standard InChI is InChI=1S/C7H8O4/c8-4-1-3(7(9)10)2-5-6(4)11-5/h1,3,5-6,8H,2H2,(H,9,10). The molecule has 2 aliphatic rings. The van der Waals surface area contributed by atoms with Crippen LogP contribution in [0.2, 0.25) is 0 Å². The van der Waals surface area contributed by atoms with Gasteiger partial charge in [0.05, 0.1) is 12.0 Å². The number of hydrogen-bond donors (Lipinski definition) is 2. The van der Waals surface area contributed by atoms with Crippen LogP contribution in [0.25, 0.3) is 0 Å². The fourth-order valence-electron chi connectivity index (χ4n) is 1.37. The van der Waals surface area contributed by atoms with Crippen molar-refractivity contribution < 1.29 is 19.7 Å². The smallest absolute Gasteiger partial charge is 0.310 e. The van der Waals surface area contributed by atoms with Crippen LogP contribution in [0.15, 0.2) is 11.8 Å². The lowest BCUT2D eigenvalue weighted by molar-refractivity contribution is -0.140. The molecule has 0 aromatic carbocycles. The first kappa shape index (κ1) is 6.67. The number of fused-ring (bicyclic) bond motifs is 1. The molecule has 60 valence electrons. The first-order valence-electron chi connectivity index (χ1n) is 3.47. The lowest BCUT2D eigenvalue weighted by Gasteiger charge is -2.09. The summed E-state index contributed by atoms with van der Waals surface area (Å²) in [4.78, 5) is 10.5. The highest BCUT2D eigenvalue weighted by molar-refractivity contribution is 5.72. The van der Waals surface area contributed by atoms with E-state index in [0.717, 1.165) is 0 Å². The Bertz CT molecular complexity index is 233. The molecule has 4 nitrogen and oxygen atoms in total. The minimum Gasteiger partial charge on any atom is -0.510 e. The Hall–Kier alpha value is -1.03. The number of aliphatic hydroxyl groups excluding tert-OH is 1. The number of carboxylic acid groups (broad SMARTS) is 1. The summed E-state index contributed by atoms with van der Waals surface area (Å²) in [6.45, 7) is 0. The Morgan fingerprint density at radius 3 is 3.00 bits per heavy atom. The van der Waals surface area contributed by atoms with Crippen molar-refractivity contribution in [2.45, 2.75) is 18.6 Å². The highest BCUT2D eigenvalue weighted by atomic mass is 16.6. The molecular formula is C7H8O4. The van der Waals surface area contributed by atoms with Crippen LogP contribution in [-0.4, -0.2) is 28.4 Å². The summed E-state index contributed by atoms with van der Waals surface area (Å²) in [5.41, 5.74) is 0. The third-order valence-electron chi connectivity index (χ3n) is 2.05. The molecule has 0 saturated carbocycles. The number of ether oxygens (including phenoxy) is 1. The minimum atomic E-state index is -0.898. The van der Waals surface area contributed by atoms with Gasteiger partial charge in [-0.15, -0.1) is 0 Å². The van der Waals surface area contributed by atoms with Crippen LogP contribution >= 0.6 is 0 Å². The predicted octanol–water partition coefficient (Wildman–Crippen LogP) is 0.300. The normalized spacial score (nSPS) is 40.7. The van der Waals surface area contributed by atoms with Crippen LogP contribution in [0.5, 0.6) is 0 Å². The van der Waals surface area contributed by atoms with Gasteiger partial charge in [-0.2, -0.15) is 0 Å². The summed E-state index contributed by atoms with van der Waals surface area (Å²) in [6, 6.07) is 0. The number of epoxide rings is 1. The van der Waals surface area contributed by atoms with E-state index in [1.165, 1.54) is 6.08 Å². The highest BCUT2D eigenvalue weighted by Crippen LogP contribution is 2.38. The van der Waals surface area contributed by atoms with E-state index in [0.29, 0.717) is 6.42 Å². The van der Waals surface area contributed by atoms with E-state index in [9.17, 15) is 4.79 Å². The number of hydrogen-bond acceptors (Lipinski definition) is 3. The third kappa shape index (κ3) is 0.991. The van der Waals surface area contributed by atoms with Crippen molar-refractivity contribution in [2.75, 3.05) is 0 Å². The van der Waals surface area contributed by atoms with E-state index in [4.69, 9.17) is 14.9 Å². The maximum absolute atomic E-state index is 10.5. The molecule has 2 N–H and O–H groups in total. The van der Waals surface area contributed by atoms with Gasteiger partial charge in [-0.1, -0.05) is 0 Å². The topological polar surface area (TPSA) is 70.1 Å². The summed E-state index contributed by atoms with van der Waals surface area (Å²) < 4.78 is 4.99. The summed E-state index contributed by atoms with van der Waals surface area (Å²) >= 11 is 0. The van der Waals surface area contributed by atoms with Crippen molar-refractivity contribution >= 4 is 5.97 Å². The molecule has 0 radical (unpaired) electrons. The van der Waals surface area contributed by atoms with E-state index in [1.54, 1.807) is 0 Å². The highest BCUT2D eigenvalue weighted by Gasteiger charge is 2.47. The Balaban J connectivity index is 2.16. The summed E-state index contributed by atoms with van der Waals surface area (Å²) in [5, 5.41) is 17.7. The van der Waals surface area contributed by atoms with E-state index in [-0.39, 0.29) is 18.0 Å². The van der Waals surface area contributed by atoms with Crippen LogP contribution in [0.1, 0.15) is 6.42 Å². The fourth-order valence-corrected chi connectivity index (χ4v) is 1.37. The van der Waals surface area contributed by atoms with Gasteiger partial charge >= 0.3 is 5.97 Å². The van der Waals surface area contributed by atoms with Crippen molar-refractivity contribution in [1.82, 2.24) is 0 Å². The first-order chi connectivity index (χ1) is 5.18. The van der Waals surface area contributed by atoms with Gasteiger partial charge in [0.15, 0.2) is 0 Å². The Labute approximate surface area is 63.1 Å². The van der Waals surface area contributed by atoms with Crippen LogP contribution < -0.4 is 0 Å². The van der Waals surface area contributed by atoms with Crippen LogP contribution in [0.3, 0.4) is 0 Å². The van der Waals surface area contributed by atoms with Crippen molar-refractivity contribution in [3.63, 3.8) is 0 Å². The molecule has 2 rings (SSSR count). The summed E-state index contributed by atoms with van der Waals surface area (Å²) in [5.74, 6) is -1.39. The quantitative estimate of drug-likeness (QED) is 0.535. The Morgan fingerprint density at radius 2 is 2.45 bits per heavy atom. The monoisotopic (exact) mass is 156 g/mol. The number of aliphatic hydroxyl groups is 1. The van der Waals surface area contributed by atoms with Gasteiger partial charge in [-0.3, -0.25) is 4.79 Å².